The van der Waals surface area contributed by atoms with Crippen LogP contribution < -0.4 is 25.0 Å². The molecular weight excluding hydrogens is 643 g/mol. The van der Waals surface area contributed by atoms with Crippen LogP contribution in [0.15, 0.2) is 60.8 Å². The molecule has 1 amide bonds. The SMILES string of the molecule is COc1c(NC(=O)C(=O)c2ccc(Nc3ccnc(N4CCN(CC5CC5)CC4)n3)c3ccccc23)cc(C(C)(C)C)cc1NS(C)(=O)=O. The number of nitrogens with zero attached hydrogens (tertiary/aromatic N) is 4. The molecule has 3 aromatic carbocycles. The molecule has 0 unspecified atom stereocenters. The number of methoxy groups -OCH3 is 1. The third-order valence-electron chi connectivity index (χ3n) is 8.85. The standard InChI is InChI=1S/C36H43N7O5S/c1-36(2,3)24-20-29(33(48-4)30(21-24)41-49(5,46)47)39-34(45)32(44)27-12-13-28(26-9-7-6-8-25(26)27)38-31-14-15-37-35(40-31)43-18-16-42(17-19-43)22-23-10-11-23/h6-9,12-15,20-21,23,41H,10-11,16-19,22H2,1-5H3,(H,39,45)(H,37,38,40). The molecule has 1 saturated carbocycles. The maximum absolute atomic E-state index is 13.7. The van der Waals surface area contributed by atoms with E-state index >= 15 is 0 Å². The van der Waals surface area contributed by atoms with Gasteiger partial charge in [0.2, 0.25) is 16.0 Å². The summed E-state index contributed by atoms with van der Waals surface area (Å²) in [5.74, 6) is 0.608. The second-order valence-corrected chi connectivity index (χ2v) is 15.6. The highest BCUT2D eigenvalue weighted by Gasteiger charge is 2.28. The summed E-state index contributed by atoms with van der Waals surface area (Å²) in [5, 5.41) is 7.40. The molecule has 0 bridgehead atoms. The number of piperazine rings is 1. The average Bonchev–Trinajstić information content (AvgIpc) is 3.88. The second kappa shape index (κ2) is 13.6. The first kappa shape index (κ1) is 34.1. The molecule has 12 nitrogen and oxygen atoms in total. The lowest BCUT2D eigenvalue weighted by Crippen LogP contribution is -2.47. The zero-order valence-corrected chi connectivity index (χ0v) is 29.4. The quantitative estimate of drug-likeness (QED) is 0.139. The van der Waals surface area contributed by atoms with Gasteiger partial charge in [-0.2, -0.15) is 4.98 Å². The minimum absolute atomic E-state index is 0.0911. The van der Waals surface area contributed by atoms with Crippen LogP contribution in [0.1, 0.15) is 49.5 Å². The van der Waals surface area contributed by atoms with Crippen LogP contribution in [0, 0.1) is 5.92 Å². The molecule has 49 heavy (non-hydrogen) atoms. The number of aromatic nitrogens is 2. The highest BCUT2D eigenvalue weighted by atomic mass is 32.2. The number of carbonyl (C=O) groups is 2. The minimum Gasteiger partial charge on any atom is -0.492 e. The average molecular weight is 686 g/mol. The Kier molecular flexibility index (Phi) is 9.50. The molecule has 258 valence electrons. The van der Waals surface area contributed by atoms with Gasteiger partial charge < -0.3 is 20.3 Å². The molecular formula is C36H43N7O5S. The lowest BCUT2D eigenvalue weighted by atomic mass is 9.86. The van der Waals surface area contributed by atoms with Crippen LogP contribution in [0.2, 0.25) is 0 Å². The lowest BCUT2D eigenvalue weighted by molar-refractivity contribution is -0.112. The van der Waals surface area contributed by atoms with E-state index in [4.69, 9.17) is 9.72 Å². The summed E-state index contributed by atoms with van der Waals surface area (Å²) in [6.45, 7) is 10.8. The lowest BCUT2D eigenvalue weighted by Gasteiger charge is -2.34. The summed E-state index contributed by atoms with van der Waals surface area (Å²) in [6.07, 6.45) is 5.47. The van der Waals surface area contributed by atoms with Crippen LogP contribution in [0.4, 0.5) is 28.8 Å². The van der Waals surface area contributed by atoms with Crippen molar-refractivity contribution in [2.45, 2.75) is 39.0 Å². The maximum atomic E-state index is 13.7. The van der Waals surface area contributed by atoms with Crippen LogP contribution in [0.5, 0.6) is 5.75 Å². The van der Waals surface area contributed by atoms with E-state index in [1.54, 1.807) is 42.6 Å². The van der Waals surface area contributed by atoms with E-state index in [2.05, 4.69) is 30.1 Å². The molecule has 2 heterocycles. The summed E-state index contributed by atoms with van der Waals surface area (Å²) >= 11 is 0. The van der Waals surface area contributed by atoms with Crippen LogP contribution in [0.25, 0.3) is 10.8 Å². The van der Waals surface area contributed by atoms with Crippen molar-refractivity contribution in [3.8, 4) is 5.75 Å². The number of ketones is 1. The van der Waals surface area contributed by atoms with Gasteiger partial charge in [-0.05, 0) is 65.5 Å². The van der Waals surface area contributed by atoms with Gasteiger partial charge in [-0.25, -0.2) is 13.4 Å². The normalized spacial score (nSPS) is 15.6. The Hall–Kier alpha value is -4.75. The van der Waals surface area contributed by atoms with Gasteiger partial charge in [0.05, 0.1) is 24.7 Å². The number of rotatable bonds is 11. The van der Waals surface area contributed by atoms with Gasteiger partial charge >= 0.3 is 0 Å². The minimum atomic E-state index is -3.67. The number of anilines is 5. The van der Waals surface area contributed by atoms with E-state index in [9.17, 15) is 18.0 Å². The largest absolute Gasteiger partial charge is 0.492 e. The number of carbonyl (C=O) groups excluding carboxylic acids is 2. The molecule has 3 N–H and O–H groups in total. The zero-order valence-electron chi connectivity index (χ0n) is 28.5. The fourth-order valence-corrected chi connectivity index (χ4v) is 6.61. The first-order valence-corrected chi connectivity index (χ1v) is 18.3. The predicted molar refractivity (Wildman–Crippen MR) is 194 cm³/mol. The van der Waals surface area contributed by atoms with Gasteiger partial charge in [0.25, 0.3) is 11.7 Å². The summed E-state index contributed by atoms with van der Waals surface area (Å²) in [4.78, 5) is 41.3. The van der Waals surface area contributed by atoms with E-state index in [-0.39, 0.29) is 22.7 Å². The van der Waals surface area contributed by atoms with E-state index in [0.717, 1.165) is 55.0 Å². The number of amides is 1. The number of fused-ring (bicyclic) bond motifs is 1. The number of hydrogen-bond acceptors (Lipinski definition) is 10. The highest BCUT2D eigenvalue weighted by molar-refractivity contribution is 7.92. The fraction of sp³-hybridized carbons (Fsp3) is 0.389. The summed E-state index contributed by atoms with van der Waals surface area (Å²) in [6, 6.07) is 15.9. The third kappa shape index (κ3) is 8.11. The monoisotopic (exact) mass is 685 g/mol. The van der Waals surface area contributed by atoms with Crippen molar-refractivity contribution in [2.24, 2.45) is 5.92 Å². The van der Waals surface area contributed by atoms with Crippen molar-refractivity contribution in [1.82, 2.24) is 14.9 Å². The second-order valence-electron chi connectivity index (χ2n) is 13.8. The van der Waals surface area contributed by atoms with Crippen LogP contribution in [-0.4, -0.2) is 81.1 Å². The number of hydrogen-bond donors (Lipinski definition) is 3. The first-order chi connectivity index (χ1) is 23.3. The topological polar surface area (TPSA) is 146 Å². The molecule has 13 heteroatoms. The number of benzene rings is 3. The third-order valence-corrected chi connectivity index (χ3v) is 9.44. The van der Waals surface area contributed by atoms with Crippen molar-refractivity contribution in [3.63, 3.8) is 0 Å². The highest BCUT2D eigenvalue weighted by Crippen LogP contribution is 2.39. The van der Waals surface area contributed by atoms with Gasteiger partial charge in [-0.3, -0.25) is 19.2 Å². The van der Waals surface area contributed by atoms with Crippen molar-refractivity contribution in [2.75, 3.05) is 66.3 Å². The number of ether oxygens (including phenoxy) is 1. The zero-order chi connectivity index (χ0) is 34.9. The molecule has 1 aromatic heterocycles. The van der Waals surface area contributed by atoms with Gasteiger partial charge in [0, 0.05) is 55.6 Å². The molecule has 0 radical (unpaired) electrons. The summed E-state index contributed by atoms with van der Waals surface area (Å²) in [7, 11) is -2.30. The molecule has 1 aliphatic carbocycles. The van der Waals surface area contributed by atoms with Crippen LogP contribution in [0.3, 0.4) is 0 Å². The molecule has 1 aliphatic heterocycles. The number of Topliss-reactive ketones (excluding diaryl/α,β-unsaturated/α-hetero) is 1. The van der Waals surface area contributed by atoms with E-state index < -0.39 is 27.1 Å². The number of nitrogens with one attached hydrogen (secondary N) is 3. The Morgan fingerprint density at radius 2 is 1.63 bits per heavy atom. The first-order valence-electron chi connectivity index (χ1n) is 16.4. The van der Waals surface area contributed by atoms with E-state index in [0.29, 0.717) is 17.2 Å². The van der Waals surface area contributed by atoms with E-state index in [1.807, 2.05) is 39.0 Å². The van der Waals surface area contributed by atoms with Crippen LogP contribution in [-0.2, 0) is 20.2 Å². The molecule has 6 rings (SSSR count). The summed E-state index contributed by atoms with van der Waals surface area (Å²) < 4.78 is 32.2. The van der Waals surface area contributed by atoms with Crippen molar-refractivity contribution < 1.29 is 22.7 Å². The molecule has 0 atom stereocenters. The Labute approximate surface area is 287 Å². The fourth-order valence-electron chi connectivity index (χ4n) is 6.06. The molecule has 2 aliphatic rings. The summed E-state index contributed by atoms with van der Waals surface area (Å²) in [5.41, 5.74) is 1.59. The number of sulfonamides is 1. The maximum Gasteiger partial charge on any atom is 0.296 e. The Bertz CT molecular complexity index is 2000. The van der Waals surface area contributed by atoms with Gasteiger partial charge in [-0.1, -0.05) is 45.0 Å². The predicted octanol–water partition coefficient (Wildman–Crippen LogP) is 5.40. The molecule has 0 spiro atoms. The van der Waals surface area contributed by atoms with Crippen LogP contribution >= 0.6 is 0 Å². The smallest absolute Gasteiger partial charge is 0.296 e. The van der Waals surface area contributed by atoms with Gasteiger partial charge in [-0.15, -0.1) is 0 Å². The van der Waals surface area contributed by atoms with Gasteiger partial charge in [0.1, 0.15) is 5.82 Å². The Morgan fingerprint density at radius 3 is 2.29 bits per heavy atom. The van der Waals surface area contributed by atoms with Crippen molar-refractivity contribution in [1.29, 1.82) is 0 Å². The molecule has 4 aromatic rings. The Morgan fingerprint density at radius 1 is 0.939 bits per heavy atom. The molecule has 2 fully saturated rings. The van der Waals surface area contributed by atoms with Gasteiger partial charge in [0.15, 0.2) is 5.75 Å². The Balaban J connectivity index is 1.23. The van der Waals surface area contributed by atoms with Crippen molar-refractivity contribution in [3.05, 3.63) is 71.9 Å². The van der Waals surface area contributed by atoms with E-state index in [1.165, 1.54) is 26.5 Å². The van der Waals surface area contributed by atoms with Crippen molar-refractivity contribution >= 4 is 61.3 Å². The molecule has 1 saturated heterocycles.